The lowest BCUT2D eigenvalue weighted by atomic mass is 10.1. The minimum Gasteiger partial charge on any atom is -0.493 e. The first-order valence-electron chi connectivity index (χ1n) is 9.44. The summed E-state index contributed by atoms with van der Waals surface area (Å²) in [6.45, 7) is 1.79. The molecule has 0 aliphatic carbocycles. The van der Waals surface area contributed by atoms with E-state index in [4.69, 9.17) is 31.2 Å². The molecular formula is C21H24BrN3O6S. The van der Waals surface area contributed by atoms with Crippen molar-refractivity contribution in [3.8, 4) is 23.0 Å². The number of hydrogen-bond donors (Lipinski definition) is 3. The van der Waals surface area contributed by atoms with Crippen LogP contribution in [-0.2, 0) is 11.2 Å². The number of amides is 2. The predicted molar refractivity (Wildman–Crippen MR) is 126 cm³/mol. The van der Waals surface area contributed by atoms with Crippen molar-refractivity contribution < 1.29 is 28.5 Å². The van der Waals surface area contributed by atoms with Gasteiger partial charge in [0.05, 0.1) is 25.8 Å². The van der Waals surface area contributed by atoms with Gasteiger partial charge in [0.2, 0.25) is 5.75 Å². The van der Waals surface area contributed by atoms with Crippen LogP contribution >= 0.6 is 28.1 Å². The second kappa shape index (κ2) is 12.1. The summed E-state index contributed by atoms with van der Waals surface area (Å²) in [6.07, 6.45) is 0.890. The lowest BCUT2D eigenvalue weighted by Gasteiger charge is -2.15. The normalized spacial score (nSPS) is 10.0. The summed E-state index contributed by atoms with van der Waals surface area (Å²) in [7, 11) is 4.35. The highest BCUT2D eigenvalue weighted by atomic mass is 79.9. The first kappa shape index (κ1) is 25.2. The highest BCUT2D eigenvalue weighted by Gasteiger charge is 2.17. The number of hydrogen-bond acceptors (Lipinski definition) is 7. The van der Waals surface area contributed by atoms with Gasteiger partial charge in [-0.15, -0.1) is 0 Å². The van der Waals surface area contributed by atoms with Gasteiger partial charge in [-0.2, -0.15) is 0 Å². The van der Waals surface area contributed by atoms with E-state index in [0.717, 1.165) is 16.5 Å². The smallest absolute Gasteiger partial charge is 0.269 e. The molecule has 2 aromatic rings. The molecule has 3 N–H and O–H groups in total. The Bertz CT molecular complexity index is 976. The van der Waals surface area contributed by atoms with E-state index >= 15 is 0 Å². The molecule has 2 aromatic carbocycles. The maximum Gasteiger partial charge on any atom is 0.269 e. The Labute approximate surface area is 199 Å². The van der Waals surface area contributed by atoms with Gasteiger partial charge in [0, 0.05) is 5.56 Å². The van der Waals surface area contributed by atoms with Crippen LogP contribution in [0.1, 0.15) is 22.8 Å². The zero-order valence-electron chi connectivity index (χ0n) is 18.0. The van der Waals surface area contributed by atoms with E-state index in [-0.39, 0.29) is 17.3 Å². The average molecular weight is 526 g/mol. The van der Waals surface area contributed by atoms with Crippen LogP contribution in [0, 0.1) is 0 Å². The van der Waals surface area contributed by atoms with Crippen molar-refractivity contribution in [1.82, 2.24) is 16.2 Å². The van der Waals surface area contributed by atoms with E-state index in [1.807, 2.05) is 19.1 Å². The van der Waals surface area contributed by atoms with Gasteiger partial charge in [-0.1, -0.05) is 13.0 Å². The van der Waals surface area contributed by atoms with E-state index in [0.29, 0.717) is 23.0 Å². The SMILES string of the molecule is CCc1ccc(OCC(=O)NC(=S)NNC(=O)c2cc(OC)c(OC)c(OC)c2)c(Br)c1. The van der Waals surface area contributed by atoms with E-state index < -0.39 is 11.8 Å². The molecule has 9 nitrogen and oxygen atoms in total. The average Bonchev–Trinajstić information content (AvgIpc) is 2.80. The standard InChI is InChI=1S/C21H24BrN3O6S/c1-5-12-6-7-15(14(22)8-12)31-11-18(26)23-21(32)25-24-20(27)13-9-16(28-2)19(30-4)17(10-13)29-3/h6-10H,5,11H2,1-4H3,(H,24,27)(H2,23,25,26,32). The van der Waals surface area contributed by atoms with Crippen molar-refractivity contribution in [2.24, 2.45) is 0 Å². The molecule has 0 radical (unpaired) electrons. The van der Waals surface area contributed by atoms with E-state index in [1.54, 1.807) is 6.07 Å². The number of hydrazine groups is 1. The number of carbonyl (C=O) groups is 2. The summed E-state index contributed by atoms with van der Waals surface area (Å²) in [5.74, 6) is 0.518. The molecule has 0 heterocycles. The lowest BCUT2D eigenvalue weighted by Crippen LogP contribution is -2.49. The molecule has 0 aliphatic rings. The van der Waals surface area contributed by atoms with Crippen molar-refractivity contribution >= 4 is 45.1 Å². The number of rotatable bonds is 8. The Morgan fingerprint density at radius 2 is 1.62 bits per heavy atom. The molecule has 0 atom stereocenters. The van der Waals surface area contributed by atoms with Gasteiger partial charge in [-0.05, 0) is 64.4 Å². The summed E-state index contributed by atoms with van der Waals surface area (Å²) in [4.78, 5) is 24.5. The van der Waals surface area contributed by atoms with Crippen molar-refractivity contribution in [2.75, 3.05) is 27.9 Å². The highest BCUT2D eigenvalue weighted by molar-refractivity contribution is 9.10. The molecule has 0 saturated heterocycles. The number of aryl methyl sites for hydroxylation is 1. The quantitative estimate of drug-likeness (QED) is 0.356. The fraction of sp³-hybridized carbons (Fsp3) is 0.286. The van der Waals surface area contributed by atoms with Crippen LogP contribution in [0.15, 0.2) is 34.8 Å². The molecule has 32 heavy (non-hydrogen) atoms. The summed E-state index contributed by atoms with van der Waals surface area (Å²) in [6, 6.07) is 8.59. The van der Waals surface area contributed by atoms with Gasteiger partial charge in [0.15, 0.2) is 23.2 Å². The van der Waals surface area contributed by atoms with Crippen molar-refractivity contribution in [2.45, 2.75) is 13.3 Å². The number of carbonyl (C=O) groups excluding carboxylic acids is 2. The summed E-state index contributed by atoms with van der Waals surface area (Å²) in [5.41, 5.74) is 6.22. The van der Waals surface area contributed by atoms with Crippen molar-refractivity contribution in [3.05, 3.63) is 45.9 Å². The number of nitrogens with one attached hydrogen (secondary N) is 3. The van der Waals surface area contributed by atoms with Crippen LogP contribution < -0.4 is 35.1 Å². The molecular weight excluding hydrogens is 502 g/mol. The van der Waals surface area contributed by atoms with E-state index in [2.05, 4.69) is 32.1 Å². The number of halogens is 1. The molecule has 0 unspecified atom stereocenters. The lowest BCUT2D eigenvalue weighted by molar-refractivity contribution is -0.121. The summed E-state index contributed by atoms with van der Waals surface area (Å²) < 4.78 is 21.9. The topological polar surface area (TPSA) is 107 Å². The zero-order chi connectivity index (χ0) is 23.7. The number of thiocarbonyl (C=S) groups is 1. The molecule has 0 fully saturated rings. The molecule has 0 saturated carbocycles. The Balaban J connectivity index is 1.88. The summed E-state index contributed by atoms with van der Waals surface area (Å²) >= 11 is 8.45. The van der Waals surface area contributed by atoms with Gasteiger partial charge < -0.3 is 18.9 Å². The Kier molecular flexibility index (Phi) is 9.54. The summed E-state index contributed by atoms with van der Waals surface area (Å²) in [5, 5.41) is 2.32. The molecule has 0 bridgehead atoms. The molecule has 0 aromatic heterocycles. The van der Waals surface area contributed by atoms with Gasteiger partial charge in [-0.3, -0.25) is 25.8 Å². The number of ether oxygens (including phenoxy) is 4. The molecule has 2 amide bonds. The minimum atomic E-state index is -0.531. The Morgan fingerprint density at radius 3 is 2.16 bits per heavy atom. The molecule has 0 aliphatic heterocycles. The third-order valence-corrected chi connectivity index (χ3v) is 5.06. The monoisotopic (exact) mass is 525 g/mol. The second-order valence-electron chi connectivity index (χ2n) is 6.28. The van der Waals surface area contributed by atoms with E-state index in [1.165, 1.54) is 33.5 Å². The van der Waals surface area contributed by atoms with Crippen LogP contribution in [0.3, 0.4) is 0 Å². The maximum atomic E-state index is 12.4. The van der Waals surface area contributed by atoms with Crippen molar-refractivity contribution in [1.29, 1.82) is 0 Å². The van der Waals surface area contributed by atoms with Gasteiger partial charge in [-0.25, -0.2) is 0 Å². The predicted octanol–water partition coefficient (Wildman–Crippen LogP) is 2.75. The zero-order valence-corrected chi connectivity index (χ0v) is 20.4. The third-order valence-electron chi connectivity index (χ3n) is 4.23. The van der Waals surface area contributed by atoms with Gasteiger partial charge in [0.25, 0.3) is 11.8 Å². The minimum absolute atomic E-state index is 0.0974. The van der Waals surface area contributed by atoms with Crippen LogP contribution in [0.4, 0.5) is 0 Å². The Hall–Kier alpha value is -3.05. The first-order valence-corrected chi connectivity index (χ1v) is 10.6. The number of benzene rings is 2. The molecule has 0 spiro atoms. The first-order chi connectivity index (χ1) is 15.3. The van der Waals surface area contributed by atoms with Crippen molar-refractivity contribution in [3.63, 3.8) is 0 Å². The molecule has 11 heteroatoms. The highest BCUT2D eigenvalue weighted by Crippen LogP contribution is 2.38. The van der Waals surface area contributed by atoms with Gasteiger partial charge in [0.1, 0.15) is 5.75 Å². The Morgan fingerprint density at radius 1 is 0.969 bits per heavy atom. The van der Waals surface area contributed by atoms with E-state index in [9.17, 15) is 9.59 Å². The third kappa shape index (κ3) is 6.72. The second-order valence-corrected chi connectivity index (χ2v) is 7.54. The fourth-order valence-corrected chi connectivity index (χ4v) is 3.32. The largest absolute Gasteiger partial charge is 0.493 e. The maximum absolute atomic E-state index is 12.4. The fourth-order valence-electron chi connectivity index (χ4n) is 2.62. The van der Waals surface area contributed by atoms with Crippen LogP contribution in [-0.4, -0.2) is 44.9 Å². The van der Waals surface area contributed by atoms with Gasteiger partial charge >= 0.3 is 0 Å². The molecule has 172 valence electrons. The van der Waals surface area contributed by atoms with Crippen LogP contribution in [0.25, 0.3) is 0 Å². The molecule has 2 rings (SSSR count). The number of methoxy groups -OCH3 is 3. The van der Waals surface area contributed by atoms with Crippen LogP contribution in [0.2, 0.25) is 0 Å². The van der Waals surface area contributed by atoms with Crippen LogP contribution in [0.5, 0.6) is 23.0 Å².